The lowest BCUT2D eigenvalue weighted by Crippen LogP contribution is -2.13. The summed E-state index contributed by atoms with van der Waals surface area (Å²) in [5, 5.41) is 3.49. The molecule has 1 N–H and O–H groups in total. The molecule has 2 rings (SSSR count). The molecular formula is C11H16BrNS. The highest BCUT2D eigenvalue weighted by Crippen LogP contribution is 2.33. The molecule has 0 amide bonds. The van der Waals surface area contributed by atoms with E-state index >= 15 is 0 Å². The quantitative estimate of drug-likeness (QED) is 0.778. The molecule has 1 aliphatic carbocycles. The van der Waals surface area contributed by atoms with Gasteiger partial charge >= 0.3 is 0 Å². The summed E-state index contributed by atoms with van der Waals surface area (Å²) < 4.78 is 1.23. The van der Waals surface area contributed by atoms with Crippen molar-refractivity contribution in [2.45, 2.75) is 32.2 Å². The first kappa shape index (κ1) is 10.7. The normalized spacial score (nSPS) is 16.1. The lowest BCUT2D eigenvalue weighted by atomic mass is 10.2. The molecule has 0 unspecified atom stereocenters. The van der Waals surface area contributed by atoms with Crippen LogP contribution in [0.25, 0.3) is 0 Å². The zero-order valence-corrected chi connectivity index (χ0v) is 10.7. The predicted molar refractivity (Wildman–Crippen MR) is 65.7 cm³/mol. The van der Waals surface area contributed by atoms with Gasteiger partial charge in [-0.05, 0) is 53.4 Å². The smallest absolute Gasteiger partial charge is 0.0701 e. The Hall–Kier alpha value is 0.140. The minimum Gasteiger partial charge on any atom is -0.312 e. The van der Waals surface area contributed by atoms with Gasteiger partial charge < -0.3 is 5.32 Å². The number of thiophene rings is 1. The number of hydrogen-bond acceptors (Lipinski definition) is 2. The van der Waals surface area contributed by atoms with Gasteiger partial charge in [0.25, 0.3) is 0 Å². The lowest BCUT2D eigenvalue weighted by molar-refractivity contribution is 0.596. The van der Waals surface area contributed by atoms with E-state index in [0.29, 0.717) is 0 Å². The van der Waals surface area contributed by atoms with Crippen molar-refractivity contribution in [1.82, 2.24) is 5.32 Å². The summed E-state index contributed by atoms with van der Waals surface area (Å²) in [7, 11) is 0. The number of halogens is 1. The van der Waals surface area contributed by atoms with Gasteiger partial charge in [0.2, 0.25) is 0 Å². The van der Waals surface area contributed by atoms with E-state index in [-0.39, 0.29) is 0 Å². The van der Waals surface area contributed by atoms with Crippen LogP contribution in [-0.2, 0) is 6.54 Å². The average molecular weight is 274 g/mol. The van der Waals surface area contributed by atoms with E-state index in [1.165, 1.54) is 40.9 Å². The van der Waals surface area contributed by atoms with Crippen LogP contribution in [0.15, 0.2) is 15.9 Å². The van der Waals surface area contributed by atoms with Crippen molar-refractivity contribution < 1.29 is 0 Å². The molecule has 1 aliphatic rings. The monoisotopic (exact) mass is 273 g/mol. The van der Waals surface area contributed by atoms with E-state index in [2.05, 4.69) is 33.4 Å². The summed E-state index contributed by atoms with van der Waals surface area (Å²) in [6.07, 6.45) is 5.74. The molecule has 1 nitrogen and oxygen atoms in total. The molecule has 1 aromatic rings. The summed E-state index contributed by atoms with van der Waals surface area (Å²) in [4.78, 5) is 1.42. The van der Waals surface area contributed by atoms with E-state index in [0.717, 1.165) is 12.5 Å². The minimum absolute atomic E-state index is 1.03. The van der Waals surface area contributed by atoms with Gasteiger partial charge in [-0.1, -0.05) is 12.8 Å². The maximum absolute atomic E-state index is 3.49. The minimum atomic E-state index is 1.03. The lowest BCUT2D eigenvalue weighted by Gasteiger charge is -2.01. The molecule has 1 fully saturated rings. The Morgan fingerprint density at radius 3 is 2.93 bits per heavy atom. The van der Waals surface area contributed by atoms with Crippen LogP contribution in [0.2, 0.25) is 0 Å². The Bertz CT molecular complexity index is 281. The van der Waals surface area contributed by atoms with E-state index in [1.807, 2.05) is 11.3 Å². The maximum Gasteiger partial charge on any atom is 0.0701 e. The van der Waals surface area contributed by atoms with Crippen molar-refractivity contribution in [3.8, 4) is 0 Å². The maximum atomic E-state index is 3.49. The van der Waals surface area contributed by atoms with Crippen LogP contribution in [0.4, 0.5) is 0 Å². The topological polar surface area (TPSA) is 12.0 Å². The molecule has 0 saturated heterocycles. The Morgan fingerprint density at radius 2 is 2.29 bits per heavy atom. The van der Waals surface area contributed by atoms with Gasteiger partial charge in [0.15, 0.2) is 0 Å². The highest BCUT2D eigenvalue weighted by molar-refractivity contribution is 9.11. The fourth-order valence-corrected chi connectivity index (χ4v) is 3.03. The number of nitrogens with one attached hydrogen (secondary N) is 1. The van der Waals surface area contributed by atoms with E-state index in [9.17, 15) is 0 Å². The van der Waals surface area contributed by atoms with Crippen LogP contribution >= 0.6 is 27.3 Å². The summed E-state index contributed by atoms with van der Waals surface area (Å²) in [5.41, 5.74) is 0. The molecule has 78 valence electrons. The molecule has 14 heavy (non-hydrogen) atoms. The summed E-state index contributed by atoms with van der Waals surface area (Å²) in [5.74, 6) is 1.08. The Balaban J connectivity index is 1.53. The third-order valence-electron chi connectivity index (χ3n) is 2.59. The number of rotatable bonds is 6. The predicted octanol–water partition coefficient (Wildman–Crippen LogP) is 3.79. The average Bonchev–Trinajstić information content (AvgIpc) is 2.89. The molecule has 0 atom stereocenters. The fourth-order valence-electron chi connectivity index (χ4n) is 1.58. The molecule has 0 bridgehead atoms. The molecule has 1 saturated carbocycles. The molecule has 1 heterocycles. The second kappa shape index (κ2) is 5.29. The molecule has 0 spiro atoms. The fraction of sp³-hybridized carbons (Fsp3) is 0.636. The van der Waals surface area contributed by atoms with Crippen molar-refractivity contribution in [1.29, 1.82) is 0 Å². The van der Waals surface area contributed by atoms with Crippen molar-refractivity contribution >= 4 is 27.3 Å². The highest BCUT2D eigenvalue weighted by Gasteiger charge is 2.19. The molecule has 1 aromatic heterocycles. The molecule has 0 aliphatic heterocycles. The Morgan fingerprint density at radius 1 is 1.43 bits per heavy atom. The van der Waals surface area contributed by atoms with Gasteiger partial charge in [-0.15, -0.1) is 11.3 Å². The van der Waals surface area contributed by atoms with E-state index in [4.69, 9.17) is 0 Å². The second-order valence-corrected chi connectivity index (χ2v) is 6.52. The second-order valence-electron chi connectivity index (χ2n) is 3.97. The van der Waals surface area contributed by atoms with Gasteiger partial charge in [-0.3, -0.25) is 0 Å². The zero-order chi connectivity index (χ0) is 9.80. The van der Waals surface area contributed by atoms with E-state index in [1.54, 1.807) is 0 Å². The first-order chi connectivity index (χ1) is 6.84. The van der Waals surface area contributed by atoms with Gasteiger partial charge in [0.1, 0.15) is 0 Å². The molecular weight excluding hydrogens is 258 g/mol. The van der Waals surface area contributed by atoms with Crippen LogP contribution in [0.5, 0.6) is 0 Å². The van der Waals surface area contributed by atoms with Gasteiger partial charge in [-0.25, -0.2) is 0 Å². The van der Waals surface area contributed by atoms with Gasteiger partial charge in [0, 0.05) is 11.4 Å². The number of hydrogen-bond donors (Lipinski definition) is 1. The van der Waals surface area contributed by atoms with Crippen molar-refractivity contribution in [2.24, 2.45) is 5.92 Å². The highest BCUT2D eigenvalue weighted by atomic mass is 79.9. The first-order valence-corrected chi connectivity index (χ1v) is 6.90. The van der Waals surface area contributed by atoms with E-state index < -0.39 is 0 Å². The largest absolute Gasteiger partial charge is 0.312 e. The molecule has 0 aromatic carbocycles. The van der Waals surface area contributed by atoms with Crippen molar-refractivity contribution in [2.75, 3.05) is 6.54 Å². The zero-order valence-electron chi connectivity index (χ0n) is 8.26. The van der Waals surface area contributed by atoms with Crippen LogP contribution in [0, 0.1) is 5.92 Å². The van der Waals surface area contributed by atoms with Gasteiger partial charge in [0.05, 0.1) is 3.79 Å². The standard InChI is InChI=1S/C11H16BrNS/c12-11-6-5-10(14-11)8-13-7-1-2-9-3-4-9/h5-6,9,13H,1-4,7-8H2. The summed E-state index contributed by atoms with van der Waals surface area (Å²) >= 11 is 5.29. The molecule has 0 radical (unpaired) electrons. The SMILES string of the molecule is Brc1ccc(CNCCCC2CC2)s1. The summed E-state index contributed by atoms with van der Waals surface area (Å²) in [6, 6.07) is 4.30. The third-order valence-corrected chi connectivity index (χ3v) is 4.21. The van der Waals surface area contributed by atoms with Crippen LogP contribution in [0.1, 0.15) is 30.6 Å². The Labute approximate surface area is 98.0 Å². The van der Waals surface area contributed by atoms with Crippen LogP contribution < -0.4 is 5.32 Å². The van der Waals surface area contributed by atoms with Crippen molar-refractivity contribution in [3.63, 3.8) is 0 Å². The summed E-state index contributed by atoms with van der Waals surface area (Å²) in [6.45, 7) is 2.20. The Kier molecular flexibility index (Phi) is 4.02. The van der Waals surface area contributed by atoms with Crippen molar-refractivity contribution in [3.05, 3.63) is 20.8 Å². The van der Waals surface area contributed by atoms with Gasteiger partial charge in [-0.2, -0.15) is 0 Å². The van der Waals surface area contributed by atoms with Crippen LogP contribution in [0.3, 0.4) is 0 Å². The van der Waals surface area contributed by atoms with Crippen LogP contribution in [-0.4, -0.2) is 6.54 Å². The first-order valence-electron chi connectivity index (χ1n) is 5.29. The third kappa shape index (κ3) is 3.71. The molecule has 3 heteroatoms.